The van der Waals surface area contributed by atoms with Gasteiger partial charge in [-0.1, -0.05) is 30.0 Å². The molecule has 34 heavy (non-hydrogen) atoms. The summed E-state index contributed by atoms with van der Waals surface area (Å²) < 4.78 is 17.4. The van der Waals surface area contributed by atoms with E-state index in [4.69, 9.17) is 14.2 Å². The minimum absolute atomic E-state index is 0.0229. The molecular formula is C25H23N3O5S. The summed E-state index contributed by atoms with van der Waals surface area (Å²) in [4.78, 5) is 30.8. The normalized spacial score (nSPS) is 10.7. The minimum Gasteiger partial charge on any atom is -0.497 e. The van der Waals surface area contributed by atoms with E-state index in [0.717, 1.165) is 11.8 Å². The van der Waals surface area contributed by atoms with Crippen LogP contribution in [0.25, 0.3) is 16.6 Å². The van der Waals surface area contributed by atoms with Crippen LogP contribution in [0.15, 0.2) is 76.7 Å². The topological polar surface area (TPSA) is 91.7 Å². The third-order valence-corrected chi connectivity index (χ3v) is 6.01. The van der Waals surface area contributed by atoms with Gasteiger partial charge in [-0.15, -0.1) is 0 Å². The Morgan fingerprint density at radius 2 is 1.71 bits per heavy atom. The number of anilines is 1. The number of methoxy groups -OCH3 is 3. The smallest absolute Gasteiger partial charge is 0.266 e. The zero-order valence-corrected chi connectivity index (χ0v) is 19.7. The lowest BCUT2D eigenvalue weighted by Gasteiger charge is -2.14. The van der Waals surface area contributed by atoms with Crippen molar-refractivity contribution in [2.75, 3.05) is 32.4 Å². The highest BCUT2D eigenvalue weighted by Gasteiger charge is 2.16. The molecule has 0 fully saturated rings. The van der Waals surface area contributed by atoms with Gasteiger partial charge in [-0.2, -0.15) is 0 Å². The first-order valence-corrected chi connectivity index (χ1v) is 11.3. The van der Waals surface area contributed by atoms with Crippen molar-refractivity contribution in [3.63, 3.8) is 0 Å². The summed E-state index contributed by atoms with van der Waals surface area (Å²) in [6.45, 7) is 0. The SMILES string of the molecule is COc1cccc(-n2c(SCC(=O)Nc3cc(OC)ccc3OC)nc3ccccc3c2=O)c1. The van der Waals surface area contributed by atoms with Crippen LogP contribution in [0.2, 0.25) is 0 Å². The van der Waals surface area contributed by atoms with Gasteiger partial charge in [0.05, 0.1) is 49.4 Å². The van der Waals surface area contributed by atoms with Gasteiger partial charge in [-0.25, -0.2) is 4.98 Å². The Labute approximate surface area is 200 Å². The molecule has 1 heterocycles. The molecule has 9 heteroatoms. The Morgan fingerprint density at radius 3 is 2.47 bits per heavy atom. The van der Waals surface area contributed by atoms with E-state index in [9.17, 15) is 9.59 Å². The predicted molar refractivity (Wildman–Crippen MR) is 133 cm³/mol. The van der Waals surface area contributed by atoms with E-state index in [1.807, 2.05) is 6.07 Å². The van der Waals surface area contributed by atoms with Crippen LogP contribution in [0, 0.1) is 0 Å². The van der Waals surface area contributed by atoms with Gasteiger partial charge in [-0.05, 0) is 36.4 Å². The Balaban J connectivity index is 1.66. The fourth-order valence-corrected chi connectivity index (χ4v) is 4.23. The lowest BCUT2D eigenvalue weighted by Crippen LogP contribution is -2.23. The number of thioether (sulfide) groups is 1. The first kappa shape index (κ1) is 23.2. The number of aromatic nitrogens is 2. The van der Waals surface area contributed by atoms with E-state index >= 15 is 0 Å². The fraction of sp³-hybridized carbons (Fsp3) is 0.160. The maximum Gasteiger partial charge on any atom is 0.266 e. The van der Waals surface area contributed by atoms with Crippen LogP contribution < -0.4 is 25.1 Å². The maximum absolute atomic E-state index is 13.4. The second kappa shape index (κ2) is 10.3. The number of ether oxygens (including phenoxy) is 3. The highest BCUT2D eigenvalue weighted by atomic mass is 32.2. The van der Waals surface area contributed by atoms with Crippen LogP contribution in [-0.2, 0) is 4.79 Å². The van der Waals surface area contributed by atoms with E-state index in [2.05, 4.69) is 10.3 Å². The molecule has 0 aliphatic heterocycles. The number of carbonyl (C=O) groups is 1. The molecule has 0 saturated heterocycles. The summed E-state index contributed by atoms with van der Waals surface area (Å²) in [5.41, 5.74) is 1.42. The maximum atomic E-state index is 13.4. The zero-order valence-electron chi connectivity index (χ0n) is 18.9. The largest absolute Gasteiger partial charge is 0.497 e. The number of benzene rings is 3. The molecule has 0 unspecified atom stereocenters. The van der Waals surface area contributed by atoms with Crippen molar-refractivity contribution >= 4 is 34.3 Å². The number of hydrogen-bond donors (Lipinski definition) is 1. The summed E-state index contributed by atoms with van der Waals surface area (Å²) in [6.07, 6.45) is 0. The molecular weight excluding hydrogens is 454 g/mol. The average Bonchev–Trinajstić information content (AvgIpc) is 2.87. The first-order chi connectivity index (χ1) is 16.5. The molecule has 4 aromatic rings. The van der Waals surface area contributed by atoms with Crippen LogP contribution in [-0.4, -0.2) is 42.5 Å². The van der Waals surface area contributed by atoms with Gasteiger partial charge in [0.25, 0.3) is 5.56 Å². The van der Waals surface area contributed by atoms with E-state index in [-0.39, 0.29) is 17.2 Å². The molecule has 1 aromatic heterocycles. The van der Waals surface area contributed by atoms with Gasteiger partial charge < -0.3 is 19.5 Å². The Morgan fingerprint density at radius 1 is 0.941 bits per heavy atom. The van der Waals surface area contributed by atoms with Crippen molar-refractivity contribution in [3.8, 4) is 22.9 Å². The molecule has 0 atom stereocenters. The highest BCUT2D eigenvalue weighted by Crippen LogP contribution is 2.29. The highest BCUT2D eigenvalue weighted by molar-refractivity contribution is 7.99. The molecule has 0 aliphatic rings. The average molecular weight is 478 g/mol. The van der Waals surface area contributed by atoms with Crippen molar-refractivity contribution in [1.29, 1.82) is 0 Å². The standard InChI is InChI=1S/C25H23N3O5S/c1-31-17-8-6-7-16(13-17)28-24(30)19-9-4-5-10-20(19)27-25(28)34-15-23(29)26-21-14-18(32-2)11-12-22(21)33-3/h4-14H,15H2,1-3H3,(H,26,29). The quantitative estimate of drug-likeness (QED) is 0.301. The summed E-state index contributed by atoms with van der Waals surface area (Å²) in [5.74, 6) is 1.45. The first-order valence-electron chi connectivity index (χ1n) is 10.3. The van der Waals surface area contributed by atoms with Crippen molar-refractivity contribution < 1.29 is 19.0 Å². The van der Waals surface area contributed by atoms with Crippen molar-refractivity contribution in [3.05, 3.63) is 77.1 Å². The van der Waals surface area contributed by atoms with E-state index in [1.165, 1.54) is 11.7 Å². The number of nitrogens with one attached hydrogen (secondary N) is 1. The summed E-state index contributed by atoms with van der Waals surface area (Å²) in [7, 11) is 4.64. The van der Waals surface area contributed by atoms with E-state index in [0.29, 0.717) is 44.7 Å². The fourth-order valence-electron chi connectivity index (χ4n) is 3.41. The van der Waals surface area contributed by atoms with Gasteiger partial charge in [-0.3, -0.25) is 14.2 Å². The van der Waals surface area contributed by atoms with Crippen molar-refractivity contribution in [2.24, 2.45) is 0 Å². The number of nitrogens with zero attached hydrogens (tertiary/aromatic N) is 2. The van der Waals surface area contributed by atoms with Crippen LogP contribution in [0.5, 0.6) is 17.2 Å². The monoisotopic (exact) mass is 477 g/mol. The Hall–Kier alpha value is -3.98. The van der Waals surface area contributed by atoms with Gasteiger partial charge >= 0.3 is 0 Å². The van der Waals surface area contributed by atoms with Gasteiger partial charge in [0.15, 0.2) is 5.16 Å². The molecule has 3 aromatic carbocycles. The van der Waals surface area contributed by atoms with Crippen LogP contribution in [0.3, 0.4) is 0 Å². The minimum atomic E-state index is -0.281. The molecule has 0 bridgehead atoms. The molecule has 1 amide bonds. The number of fused-ring (bicyclic) bond motifs is 1. The third kappa shape index (κ3) is 4.84. The molecule has 174 valence electrons. The second-order valence-corrected chi connectivity index (χ2v) is 8.10. The van der Waals surface area contributed by atoms with Gasteiger partial charge in [0.2, 0.25) is 5.91 Å². The second-order valence-electron chi connectivity index (χ2n) is 7.16. The molecule has 8 nitrogen and oxygen atoms in total. The molecule has 0 aliphatic carbocycles. The molecule has 1 N–H and O–H groups in total. The van der Waals surface area contributed by atoms with Gasteiger partial charge in [0, 0.05) is 12.1 Å². The lowest BCUT2D eigenvalue weighted by atomic mass is 10.2. The number of para-hydroxylation sites is 1. The predicted octanol–water partition coefficient (Wildman–Crippen LogP) is 4.14. The van der Waals surface area contributed by atoms with Gasteiger partial charge in [0.1, 0.15) is 17.2 Å². The van der Waals surface area contributed by atoms with Crippen LogP contribution in [0.1, 0.15) is 0 Å². The third-order valence-electron chi connectivity index (χ3n) is 5.07. The number of carbonyl (C=O) groups excluding carboxylic acids is 1. The van der Waals surface area contributed by atoms with Crippen molar-refractivity contribution in [1.82, 2.24) is 9.55 Å². The van der Waals surface area contributed by atoms with E-state index < -0.39 is 0 Å². The zero-order chi connectivity index (χ0) is 24.1. The summed E-state index contributed by atoms with van der Waals surface area (Å²) in [6, 6.07) is 19.4. The molecule has 4 rings (SSSR count). The van der Waals surface area contributed by atoms with Crippen LogP contribution in [0.4, 0.5) is 5.69 Å². The number of rotatable bonds is 8. The van der Waals surface area contributed by atoms with E-state index in [1.54, 1.807) is 74.9 Å². The Bertz CT molecular complexity index is 1400. The summed E-state index contributed by atoms with van der Waals surface area (Å²) in [5, 5.41) is 3.72. The summed E-state index contributed by atoms with van der Waals surface area (Å²) >= 11 is 1.16. The number of hydrogen-bond acceptors (Lipinski definition) is 7. The lowest BCUT2D eigenvalue weighted by molar-refractivity contribution is -0.113. The van der Waals surface area contributed by atoms with Crippen molar-refractivity contribution in [2.45, 2.75) is 5.16 Å². The number of amides is 1. The Kier molecular flexibility index (Phi) is 7.03. The van der Waals surface area contributed by atoms with Crippen LogP contribution >= 0.6 is 11.8 Å². The molecule has 0 spiro atoms. The molecule has 0 saturated carbocycles. The molecule has 0 radical (unpaired) electrons.